The van der Waals surface area contributed by atoms with Crippen LogP contribution in [-0.4, -0.2) is 9.78 Å². The van der Waals surface area contributed by atoms with Gasteiger partial charge in [0.05, 0.1) is 21.4 Å². The number of rotatable bonds is 2. The maximum Gasteiger partial charge on any atom is 0.0679 e. The van der Waals surface area contributed by atoms with Crippen LogP contribution in [0.15, 0.2) is 36.4 Å². The van der Waals surface area contributed by atoms with E-state index in [1.807, 2.05) is 29.8 Å². The summed E-state index contributed by atoms with van der Waals surface area (Å²) >= 11 is 12.2. The van der Waals surface area contributed by atoms with E-state index in [4.69, 9.17) is 28.3 Å². The summed E-state index contributed by atoms with van der Waals surface area (Å²) < 4.78 is 1.99. The standard InChI is InChI=1S/C19H18Cl2N2/c1-11-5-7-16(9-12(11)2)23-14(4)19(13(3)22-23)15-6-8-17(20)18(21)10-15/h5-10H,1-4H3. The Kier molecular flexibility index (Phi) is 4.22. The van der Waals surface area contributed by atoms with E-state index in [1.165, 1.54) is 11.1 Å². The molecule has 23 heavy (non-hydrogen) atoms. The molecule has 3 aromatic rings. The summed E-state index contributed by atoms with van der Waals surface area (Å²) in [6.45, 7) is 8.32. The molecule has 2 aromatic carbocycles. The van der Waals surface area contributed by atoms with Crippen LogP contribution in [0.3, 0.4) is 0 Å². The van der Waals surface area contributed by atoms with E-state index in [1.54, 1.807) is 0 Å². The number of nitrogens with zero attached hydrogens (tertiary/aromatic N) is 2. The zero-order valence-corrected chi connectivity index (χ0v) is 15.1. The Labute approximate surface area is 146 Å². The van der Waals surface area contributed by atoms with Crippen LogP contribution in [0.2, 0.25) is 10.0 Å². The number of aromatic nitrogens is 2. The van der Waals surface area contributed by atoms with Crippen molar-refractivity contribution in [1.82, 2.24) is 9.78 Å². The number of halogens is 2. The highest BCUT2D eigenvalue weighted by Gasteiger charge is 2.15. The second kappa shape index (κ2) is 6.03. The molecule has 0 saturated carbocycles. The highest BCUT2D eigenvalue weighted by Crippen LogP contribution is 2.33. The van der Waals surface area contributed by atoms with Gasteiger partial charge in [-0.2, -0.15) is 5.10 Å². The second-order valence-electron chi connectivity index (χ2n) is 5.86. The number of benzene rings is 2. The van der Waals surface area contributed by atoms with Gasteiger partial charge in [0.1, 0.15) is 0 Å². The van der Waals surface area contributed by atoms with E-state index in [0.29, 0.717) is 10.0 Å². The van der Waals surface area contributed by atoms with Gasteiger partial charge in [-0.25, -0.2) is 4.68 Å². The first-order valence-electron chi connectivity index (χ1n) is 7.47. The van der Waals surface area contributed by atoms with Gasteiger partial charge < -0.3 is 0 Å². The summed E-state index contributed by atoms with van der Waals surface area (Å²) in [5.74, 6) is 0. The van der Waals surface area contributed by atoms with Crippen LogP contribution in [0.25, 0.3) is 16.8 Å². The normalized spacial score (nSPS) is 11.0. The van der Waals surface area contributed by atoms with Crippen LogP contribution in [-0.2, 0) is 0 Å². The number of aryl methyl sites for hydroxylation is 3. The van der Waals surface area contributed by atoms with Crippen molar-refractivity contribution in [3.8, 4) is 16.8 Å². The van der Waals surface area contributed by atoms with Crippen molar-refractivity contribution in [2.24, 2.45) is 0 Å². The van der Waals surface area contributed by atoms with Gasteiger partial charge in [-0.3, -0.25) is 0 Å². The van der Waals surface area contributed by atoms with Crippen molar-refractivity contribution in [3.05, 3.63) is 69.0 Å². The highest BCUT2D eigenvalue weighted by molar-refractivity contribution is 6.42. The lowest BCUT2D eigenvalue weighted by Crippen LogP contribution is -2.00. The smallest absolute Gasteiger partial charge is 0.0679 e. The summed E-state index contributed by atoms with van der Waals surface area (Å²) in [5, 5.41) is 5.84. The van der Waals surface area contributed by atoms with Crippen LogP contribution in [0, 0.1) is 27.7 Å². The van der Waals surface area contributed by atoms with Gasteiger partial charge in [-0.05, 0) is 68.7 Å². The minimum atomic E-state index is 0.557. The third-order valence-corrected chi connectivity index (χ3v) is 4.97. The summed E-state index contributed by atoms with van der Waals surface area (Å²) in [6, 6.07) is 12.1. The Balaban J connectivity index is 2.15. The Morgan fingerprint density at radius 1 is 0.826 bits per heavy atom. The molecule has 0 spiro atoms. The van der Waals surface area contributed by atoms with Crippen LogP contribution in [0.5, 0.6) is 0 Å². The fourth-order valence-corrected chi connectivity index (χ4v) is 3.12. The fraction of sp³-hybridized carbons (Fsp3) is 0.211. The van der Waals surface area contributed by atoms with Gasteiger partial charge in [-0.15, -0.1) is 0 Å². The van der Waals surface area contributed by atoms with E-state index in [9.17, 15) is 0 Å². The first-order valence-corrected chi connectivity index (χ1v) is 8.23. The largest absolute Gasteiger partial charge is 0.237 e. The first kappa shape index (κ1) is 16.1. The van der Waals surface area contributed by atoms with E-state index < -0.39 is 0 Å². The first-order chi connectivity index (χ1) is 10.9. The molecule has 4 heteroatoms. The average molecular weight is 345 g/mol. The summed E-state index contributed by atoms with van der Waals surface area (Å²) in [5.41, 5.74) is 7.79. The molecule has 1 aromatic heterocycles. The molecule has 118 valence electrons. The minimum absolute atomic E-state index is 0.557. The maximum atomic E-state index is 6.17. The predicted octanol–water partition coefficient (Wildman–Crippen LogP) is 6.08. The van der Waals surface area contributed by atoms with Crippen LogP contribution in [0.1, 0.15) is 22.5 Å². The molecule has 1 heterocycles. The lowest BCUT2D eigenvalue weighted by Gasteiger charge is -2.08. The van der Waals surface area contributed by atoms with E-state index in [-0.39, 0.29) is 0 Å². The molecule has 0 atom stereocenters. The summed E-state index contributed by atoms with van der Waals surface area (Å²) in [4.78, 5) is 0. The van der Waals surface area contributed by atoms with E-state index >= 15 is 0 Å². The molecule has 2 nitrogen and oxygen atoms in total. The SMILES string of the molecule is Cc1ccc(-n2nc(C)c(-c3ccc(Cl)c(Cl)c3)c2C)cc1C. The summed E-state index contributed by atoms with van der Waals surface area (Å²) in [6.07, 6.45) is 0. The number of hydrogen-bond donors (Lipinski definition) is 0. The molecular weight excluding hydrogens is 327 g/mol. The third kappa shape index (κ3) is 2.89. The van der Waals surface area contributed by atoms with Gasteiger partial charge in [0.2, 0.25) is 0 Å². The van der Waals surface area contributed by atoms with Crippen molar-refractivity contribution in [2.75, 3.05) is 0 Å². The molecule has 0 bridgehead atoms. The molecule has 0 aliphatic heterocycles. The zero-order valence-electron chi connectivity index (χ0n) is 13.6. The van der Waals surface area contributed by atoms with Gasteiger partial charge in [0.25, 0.3) is 0 Å². The lowest BCUT2D eigenvalue weighted by atomic mass is 10.0. The quantitative estimate of drug-likeness (QED) is 0.550. The number of hydrogen-bond acceptors (Lipinski definition) is 1. The maximum absolute atomic E-state index is 6.17. The summed E-state index contributed by atoms with van der Waals surface area (Å²) in [7, 11) is 0. The molecule has 0 amide bonds. The van der Waals surface area contributed by atoms with Gasteiger partial charge >= 0.3 is 0 Å². The van der Waals surface area contributed by atoms with E-state index in [2.05, 4.69) is 39.0 Å². The molecule has 0 radical (unpaired) electrons. The van der Waals surface area contributed by atoms with Crippen molar-refractivity contribution in [3.63, 3.8) is 0 Å². The molecule has 0 unspecified atom stereocenters. The molecule has 0 N–H and O–H groups in total. The molecule has 3 rings (SSSR count). The highest BCUT2D eigenvalue weighted by atomic mass is 35.5. The topological polar surface area (TPSA) is 17.8 Å². The Bertz CT molecular complexity index is 895. The fourth-order valence-electron chi connectivity index (χ4n) is 2.82. The Morgan fingerprint density at radius 3 is 2.22 bits per heavy atom. The molecule has 0 saturated heterocycles. The van der Waals surface area contributed by atoms with Crippen LogP contribution in [0.4, 0.5) is 0 Å². The van der Waals surface area contributed by atoms with Crippen molar-refractivity contribution >= 4 is 23.2 Å². The van der Waals surface area contributed by atoms with Gasteiger partial charge in [-0.1, -0.05) is 35.3 Å². The van der Waals surface area contributed by atoms with Gasteiger partial charge in [0, 0.05) is 11.3 Å². The van der Waals surface area contributed by atoms with Crippen molar-refractivity contribution in [2.45, 2.75) is 27.7 Å². The lowest BCUT2D eigenvalue weighted by molar-refractivity contribution is 0.832. The molecule has 0 aliphatic rings. The third-order valence-electron chi connectivity index (χ3n) is 4.23. The second-order valence-corrected chi connectivity index (χ2v) is 6.67. The molecule has 0 fully saturated rings. The average Bonchev–Trinajstić information content (AvgIpc) is 2.80. The predicted molar refractivity (Wildman–Crippen MR) is 98.0 cm³/mol. The minimum Gasteiger partial charge on any atom is -0.237 e. The van der Waals surface area contributed by atoms with Crippen LogP contribution >= 0.6 is 23.2 Å². The zero-order chi connectivity index (χ0) is 16.7. The van der Waals surface area contributed by atoms with Crippen molar-refractivity contribution in [1.29, 1.82) is 0 Å². The molecule has 0 aliphatic carbocycles. The van der Waals surface area contributed by atoms with Crippen LogP contribution < -0.4 is 0 Å². The molecular formula is C19H18Cl2N2. The monoisotopic (exact) mass is 344 g/mol. The van der Waals surface area contributed by atoms with Gasteiger partial charge in [0.15, 0.2) is 0 Å². The van der Waals surface area contributed by atoms with E-state index in [0.717, 1.165) is 28.2 Å². The van der Waals surface area contributed by atoms with Crippen molar-refractivity contribution < 1.29 is 0 Å². The Hall–Kier alpha value is -1.77. The Morgan fingerprint density at radius 2 is 1.57 bits per heavy atom.